The zero-order valence-corrected chi connectivity index (χ0v) is 12.1. The van der Waals surface area contributed by atoms with Crippen LogP contribution in [0.1, 0.15) is 24.1 Å². The van der Waals surface area contributed by atoms with E-state index in [-0.39, 0.29) is 11.7 Å². The fourth-order valence-electron chi connectivity index (χ4n) is 2.10. The number of ether oxygens (including phenoxy) is 1. The Balaban J connectivity index is 2.09. The van der Waals surface area contributed by atoms with Crippen molar-refractivity contribution in [3.63, 3.8) is 0 Å². The number of non-ortho nitro benzene ring substituents is 1. The summed E-state index contributed by atoms with van der Waals surface area (Å²) in [6.07, 6.45) is 0. The third kappa shape index (κ3) is 4.03. The lowest BCUT2D eigenvalue weighted by molar-refractivity contribution is -0.385. The summed E-state index contributed by atoms with van der Waals surface area (Å²) in [4.78, 5) is 10.5. The Morgan fingerprint density at radius 1 is 1.24 bits per heavy atom. The number of rotatable bonds is 6. The van der Waals surface area contributed by atoms with Gasteiger partial charge >= 0.3 is 0 Å². The Bertz CT molecular complexity index is 614. The van der Waals surface area contributed by atoms with E-state index in [1.54, 1.807) is 12.1 Å². The zero-order chi connectivity index (χ0) is 15.2. The molecule has 0 radical (unpaired) electrons. The number of nitrogens with one attached hydrogen (secondary N) is 1. The van der Waals surface area contributed by atoms with Crippen molar-refractivity contribution in [2.24, 2.45) is 0 Å². The SMILES string of the molecule is COc1cc(CN[C@H](C)c2ccccc2)cc([N+](=O)[O-])c1. The van der Waals surface area contributed by atoms with Gasteiger partial charge in [0.2, 0.25) is 0 Å². The first-order valence-corrected chi connectivity index (χ1v) is 6.71. The molecule has 2 aromatic carbocycles. The average molecular weight is 286 g/mol. The highest BCUT2D eigenvalue weighted by molar-refractivity contribution is 5.42. The van der Waals surface area contributed by atoms with Crippen LogP contribution < -0.4 is 10.1 Å². The summed E-state index contributed by atoms with van der Waals surface area (Å²) in [5.41, 5.74) is 2.04. The van der Waals surface area contributed by atoms with E-state index in [0.29, 0.717) is 12.3 Å². The molecule has 0 aromatic heterocycles. The third-order valence-corrected chi connectivity index (χ3v) is 3.31. The highest BCUT2D eigenvalue weighted by Crippen LogP contribution is 2.23. The lowest BCUT2D eigenvalue weighted by atomic mass is 10.1. The van der Waals surface area contributed by atoms with E-state index >= 15 is 0 Å². The van der Waals surface area contributed by atoms with Crippen LogP contribution in [0.25, 0.3) is 0 Å². The molecule has 5 nitrogen and oxygen atoms in total. The predicted molar refractivity (Wildman–Crippen MR) is 81.3 cm³/mol. The fourth-order valence-corrected chi connectivity index (χ4v) is 2.10. The van der Waals surface area contributed by atoms with Crippen molar-refractivity contribution in [2.45, 2.75) is 19.5 Å². The number of nitro benzene ring substituents is 1. The molecule has 5 heteroatoms. The van der Waals surface area contributed by atoms with E-state index in [1.807, 2.05) is 30.3 Å². The second-order valence-electron chi connectivity index (χ2n) is 4.81. The van der Waals surface area contributed by atoms with Gasteiger partial charge in [-0.05, 0) is 24.1 Å². The van der Waals surface area contributed by atoms with Crippen molar-refractivity contribution in [1.82, 2.24) is 5.32 Å². The average Bonchev–Trinajstić information content (AvgIpc) is 2.53. The van der Waals surface area contributed by atoms with E-state index in [9.17, 15) is 10.1 Å². The second kappa shape index (κ2) is 6.85. The molecule has 110 valence electrons. The van der Waals surface area contributed by atoms with E-state index < -0.39 is 4.92 Å². The molecule has 0 bridgehead atoms. The molecule has 0 spiro atoms. The molecule has 0 saturated carbocycles. The van der Waals surface area contributed by atoms with Crippen molar-refractivity contribution in [1.29, 1.82) is 0 Å². The Hall–Kier alpha value is -2.40. The number of nitrogens with zero attached hydrogens (tertiary/aromatic N) is 1. The van der Waals surface area contributed by atoms with Crippen LogP contribution in [0.2, 0.25) is 0 Å². The van der Waals surface area contributed by atoms with Gasteiger partial charge in [-0.2, -0.15) is 0 Å². The molecule has 2 rings (SSSR count). The Morgan fingerprint density at radius 3 is 2.57 bits per heavy atom. The van der Waals surface area contributed by atoms with Gasteiger partial charge in [-0.15, -0.1) is 0 Å². The molecule has 2 aromatic rings. The number of methoxy groups -OCH3 is 1. The van der Waals surface area contributed by atoms with E-state index in [0.717, 1.165) is 5.56 Å². The summed E-state index contributed by atoms with van der Waals surface area (Å²) >= 11 is 0. The number of nitro groups is 1. The lowest BCUT2D eigenvalue weighted by Gasteiger charge is -2.14. The lowest BCUT2D eigenvalue weighted by Crippen LogP contribution is -2.18. The first-order valence-electron chi connectivity index (χ1n) is 6.71. The minimum Gasteiger partial charge on any atom is -0.496 e. The largest absolute Gasteiger partial charge is 0.496 e. The van der Waals surface area contributed by atoms with Crippen LogP contribution in [0.5, 0.6) is 5.75 Å². The first kappa shape index (κ1) is 15.0. The van der Waals surface area contributed by atoms with Crippen molar-refractivity contribution in [3.05, 3.63) is 69.8 Å². The maximum Gasteiger partial charge on any atom is 0.273 e. The fraction of sp³-hybridized carbons (Fsp3) is 0.250. The molecular formula is C16H18N2O3. The summed E-state index contributed by atoms with van der Waals surface area (Å²) < 4.78 is 5.10. The normalized spacial score (nSPS) is 11.9. The second-order valence-corrected chi connectivity index (χ2v) is 4.81. The Kier molecular flexibility index (Phi) is 4.90. The van der Waals surface area contributed by atoms with Gasteiger partial charge in [0, 0.05) is 18.7 Å². The molecule has 0 unspecified atom stereocenters. The summed E-state index contributed by atoms with van der Waals surface area (Å²) in [6.45, 7) is 2.60. The van der Waals surface area contributed by atoms with Crippen LogP contribution in [0, 0.1) is 10.1 Å². The topological polar surface area (TPSA) is 64.4 Å². The molecule has 0 fully saturated rings. The van der Waals surface area contributed by atoms with Gasteiger partial charge < -0.3 is 10.1 Å². The highest BCUT2D eigenvalue weighted by atomic mass is 16.6. The van der Waals surface area contributed by atoms with E-state index in [4.69, 9.17) is 4.74 Å². The first-order chi connectivity index (χ1) is 10.1. The van der Waals surface area contributed by atoms with Crippen LogP contribution in [-0.4, -0.2) is 12.0 Å². The van der Waals surface area contributed by atoms with Crippen molar-refractivity contribution < 1.29 is 9.66 Å². The number of benzene rings is 2. The molecule has 0 heterocycles. The quantitative estimate of drug-likeness (QED) is 0.652. The van der Waals surface area contributed by atoms with Gasteiger partial charge in [0.1, 0.15) is 5.75 Å². The van der Waals surface area contributed by atoms with Crippen molar-refractivity contribution in [3.8, 4) is 5.75 Å². The van der Waals surface area contributed by atoms with Crippen molar-refractivity contribution >= 4 is 5.69 Å². The monoisotopic (exact) mass is 286 g/mol. The molecule has 21 heavy (non-hydrogen) atoms. The summed E-state index contributed by atoms with van der Waals surface area (Å²) in [6, 6.07) is 15.0. The molecule has 1 N–H and O–H groups in total. The maximum absolute atomic E-state index is 10.9. The minimum absolute atomic E-state index is 0.0403. The highest BCUT2D eigenvalue weighted by Gasteiger charge is 2.11. The van der Waals surface area contributed by atoms with Gasteiger partial charge in [-0.1, -0.05) is 30.3 Å². The molecule has 0 saturated heterocycles. The van der Waals surface area contributed by atoms with Crippen LogP contribution in [0.15, 0.2) is 48.5 Å². The third-order valence-electron chi connectivity index (χ3n) is 3.31. The van der Waals surface area contributed by atoms with Gasteiger partial charge in [0.25, 0.3) is 5.69 Å². The summed E-state index contributed by atoms with van der Waals surface area (Å²) in [7, 11) is 1.50. The molecule has 1 atom stereocenters. The zero-order valence-electron chi connectivity index (χ0n) is 12.1. The van der Waals surface area contributed by atoms with Crippen LogP contribution in [-0.2, 0) is 6.54 Å². The minimum atomic E-state index is -0.410. The number of hydrogen-bond donors (Lipinski definition) is 1. The van der Waals surface area contributed by atoms with Gasteiger partial charge in [-0.25, -0.2) is 0 Å². The van der Waals surface area contributed by atoms with Gasteiger partial charge in [0.05, 0.1) is 18.1 Å². The predicted octanol–water partition coefficient (Wildman–Crippen LogP) is 3.45. The van der Waals surface area contributed by atoms with Gasteiger partial charge in [-0.3, -0.25) is 10.1 Å². The Morgan fingerprint density at radius 2 is 1.95 bits per heavy atom. The van der Waals surface area contributed by atoms with Crippen LogP contribution in [0.4, 0.5) is 5.69 Å². The van der Waals surface area contributed by atoms with Crippen LogP contribution in [0.3, 0.4) is 0 Å². The van der Waals surface area contributed by atoms with Crippen molar-refractivity contribution in [2.75, 3.05) is 7.11 Å². The molecular weight excluding hydrogens is 268 g/mol. The van der Waals surface area contributed by atoms with E-state index in [1.165, 1.54) is 18.7 Å². The maximum atomic E-state index is 10.9. The molecule has 0 amide bonds. The molecule has 0 aliphatic heterocycles. The smallest absolute Gasteiger partial charge is 0.273 e. The van der Waals surface area contributed by atoms with Gasteiger partial charge in [0.15, 0.2) is 0 Å². The number of hydrogen-bond acceptors (Lipinski definition) is 4. The van der Waals surface area contributed by atoms with Crippen LogP contribution >= 0.6 is 0 Å². The molecule has 0 aliphatic rings. The summed E-state index contributed by atoms with van der Waals surface area (Å²) in [5, 5.41) is 14.3. The summed E-state index contributed by atoms with van der Waals surface area (Å²) in [5.74, 6) is 0.494. The molecule has 0 aliphatic carbocycles. The van der Waals surface area contributed by atoms with E-state index in [2.05, 4.69) is 12.2 Å². The Labute approximate surface area is 123 Å². The standard InChI is InChI=1S/C16H18N2O3/c1-12(14-6-4-3-5-7-14)17-11-13-8-15(18(19)20)10-16(9-13)21-2/h3-10,12,17H,11H2,1-2H3/t12-/m1/s1.